The maximum atomic E-state index is 8.91. The molecule has 43 heavy (non-hydrogen) atoms. The first-order valence-corrected chi connectivity index (χ1v) is 13.4. The quantitative estimate of drug-likeness (QED) is 0.0888. The van der Waals surface area contributed by atoms with Crippen molar-refractivity contribution in [3.05, 3.63) is 102 Å². The fourth-order valence-corrected chi connectivity index (χ4v) is 2.37. The van der Waals surface area contributed by atoms with Gasteiger partial charge in [-0.3, -0.25) is 15.0 Å². The Labute approximate surface area is 318 Å². The Kier molecular flexibility index (Phi) is 66.9. The summed E-state index contributed by atoms with van der Waals surface area (Å²) in [5, 5.41) is 18.4. The molecular weight excluding hydrogens is 710 g/mol. The number of nitrogens with zero attached hydrogens (tertiary/aromatic N) is 4. The summed E-state index contributed by atoms with van der Waals surface area (Å²) < 4.78 is 0. The molecule has 2 aromatic carbocycles. The van der Waals surface area contributed by atoms with Crippen molar-refractivity contribution in [3.63, 3.8) is 0 Å². The third kappa shape index (κ3) is 40.5. The Morgan fingerprint density at radius 3 is 1.26 bits per heavy atom. The molecule has 0 bridgehead atoms. The Morgan fingerprint density at radius 1 is 0.674 bits per heavy atom. The molecule has 240 valence electrons. The third-order valence-electron chi connectivity index (χ3n) is 3.29. The summed E-state index contributed by atoms with van der Waals surface area (Å²) >= 11 is 1.39. The van der Waals surface area contributed by atoms with Crippen LogP contribution in [0.2, 0.25) is 0 Å². The molecule has 4 rings (SSSR count). The van der Waals surface area contributed by atoms with Crippen molar-refractivity contribution in [1.82, 2.24) is 19.9 Å². The van der Waals surface area contributed by atoms with E-state index in [0.29, 0.717) is 22.2 Å². The summed E-state index contributed by atoms with van der Waals surface area (Å²) in [7, 11) is 3.09. The van der Waals surface area contributed by atoms with Crippen LogP contribution in [0.1, 0.15) is 61.4 Å². The zero-order valence-electron chi connectivity index (χ0n) is 25.3. The average Bonchev–Trinajstić information content (AvgIpc) is 2.98. The zero-order valence-corrected chi connectivity index (χ0v) is 31.7. The van der Waals surface area contributed by atoms with E-state index in [-0.39, 0.29) is 99.5 Å². The van der Waals surface area contributed by atoms with E-state index in [9.17, 15) is 0 Å². The normalized spacial score (nSPS) is 7.72. The van der Waals surface area contributed by atoms with Crippen molar-refractivity contribution in [2.45, 2.75) is 69.0 Å². The molecule has 2 heterocycles. The molecule has 2 radical (unpaired) electrons. The van der Waals surface area contributed by atoms with E-state index in [1.54, 1.807) is 20.9 Å². The monoisotopic (exact) mass is 766 g/mol. The van der Waals surface area contributed by atoms with Gasteiger partial charge in [0.1, 0.15) is 0 Å². The molecule has 0 aliphatic heterocycles. The molecule has 0 aliphatic carbocycles. The number of rotatable bonds is 1. The van der Waals surface area contributed by atoms with Crippen molar-refractivity contribution in [1.29, 1.82) is 0 Å². The summed E-state index contributed by atoms with van der Waals surface area (Å²) in [6, 6.07) is 29.1. The minimum atomic E-state index is -0.0862. The number of nitrogens with two attached hydrogens (primary N) is 1. The molecular formula is C32H56N6O2SY2-2. The molecule has 0 aliphatic rings. The van der Waals surface area contributed by atoms with Crippen molar-refractivity contribution >= 4 is 11.8 Å². The van der Waals surface area contributed by atoms with E-state index in [4.69, 9.17) is 10.2 Å². The summed E-state index contributed by atoms with van der Waals surface area (Å²) in [6.45, 7) is 11.5. The molecule has 4 aromatic rings. The fourth-order valence-electron chi connectivity index (χ4n) is 1.97. The van der Waals surface area contributed by atoms with Gasteiger partial charge in [0, 0.05) is 84.2 Å². The van der Waals surface area contributed by atoms with Gasteiger partial charge in [0.15, 0.2) is 5.16 Å². The van der Waals surface area contributed by atoms with E-state index in [2.05, 4.69) is 42.8 Å². The fraction of sp³-hybridized carbons (Fsp3) is 0.375. The molecule has 0 amide bonds. The van der Waals surface area contributed by atoms with Gasteiger partial charge in [0.2, 0.25) is 5.62 Å². The van der Waals surface area contributed by atoms with Crippen LogP contribution in [0.5, 0.6) is 11.8 Å². The molecule has 0 atom stereocenters. The largest absolute Gasteiger partial charge is 0.528 e. The second-order valence-electron chi connectivity index (χ2n) is 5.90. The number of aromatic nitrogens is 4. The molecule has 5 N–H and O–H groups in total. The number of H-pyrrole nitrogens is 1. The Morgan fingerprint density at radius 2 is 1.00 bits per heavy atom. The van der Waals surface area contributed by atoms with Gasteiger partial charge in [0.25, 0.3) is 0 Å². The molecule has 0 spiro atoms. The van der Waals surface area contributed by atoms with Crippen molar-refractivity contribution in [2.75, 3.05) is 20.4 Å². The van der Waals surface area contributed by atoms with Gasteiger partial charge in [0.05, 0.1) is 0 Å². The number of benzene rings is 2. The van der Waals surface area contributed by atoms with Gasteiger partial charge < -0.3 is 33.1 Å². The minimum Gasteiger partial charge on any atom is -0.528 e. The third-order valence-corrected chi connectivity index (χ3v) is 3.84. The maximum Gasteiger partial charge on any atom is 0.219 e. The summed E-state index contributed by atoms with van der Waals surface area (Å²) in [4.78, 5) is 17.9. The van der Waals surface area contributed by atoms with Crippen LogP contribution in [-0.4, -0.2) is 50.5 Å². The number of nitrogens with one attached hydrogen (secondary N) is 1. The number of aryl methyl sites for hydroxylation is 2. The second kappa shape index (κ2) is 47.4. The van der Waals surface area contributed by atoms with Crippen LogP contribution in [0.3, 0.4) is 0 Å². The Bertz CT molecular complexity index is 964. The predicted octanol–water partition coefficient (Wildman–Crippen LogP) is 7.67. The predicted molar refractivity (Wildman–Crippen MR) is 180 cm³/mol. The number of aromatic amines is 1. The number of hydrogen-bond donors (Lipinski definition) is 4. The van der Waals surface area contributed by atoms with E-state index in [0.717, 1.165) is 0 Å². The number of hydrogen-bond acceptors (Lipinski definition) is 8. The van der Waals surface area contributed by atoms with Crippen LogP contribution in [0, 0.1) is 26.0 Å². The van der Waals surface area contributed by atoms with Gasteiger partial charge in [-0.25, -0.2) is 4.98 Å². The van der Waals surface area contributed by atoms with Gasteiger partial charge in [-0.05, 0) is 13.3 Å². The van der Waals surface area contributed by atoms with Gasteiger partial charge >= 0.3 is 0 Å². The molecule has 0 saturated heterocycles. The SMILES string of the molecule is C.C.C.CC.CC.CN.CN=c1nc(C)[c-]c(O)[nH]1.CSc1nc(C)[c-]c(O)n1.[Y].[Y].c1ccccc1.c1ccccc1. The van der Waals surface area contributed by atoms with Crippen LogP contribution in [0.15, 0.2) is 82.9 Å². The van der Waals surface area contributed by atoms with Crippen LogP contribution in [0.25, 0.3) is 0 Å². The first-order chi connectivity index (χ1) is 18.4. The first-order valence-electron chi connectivity index (χ1n) is 12.1. The summed E-state index contributed by atoms with van der Waals surface area (Å²) in [6.07, 6.45) is 1.86. The van der Waals surface area contributed by atoms with E-state index in [1.165, 1.54) is 18.8 Å². The number of thioether (sulfide) groups is 1. The van der Waals surface area contributed by atoms with Crippen LogP contribution < -0.4 is 11.4 Å². The number of aromatic hydroxyl groups is 2. The van der Waals surface area contributed by atoms with Crippen molar-refractivity contribution in [3.8, 4) is 11.8 Å². The summed E-state index contributed by atoms with van der Waals surface area (Å²) in [5.41, 5.74) is 6.20. The second-order valence-corrected chi connectivity index (χ2v) is 6.67. The standard InChI is InChI=1S/C6H8N3O.C6H7N2OS.2C6H6.2C2H6.CH5N.3CH4.2Y/c1-4-3-5(10)9-6(7-2)8-4;1-4-3-5(9)8-6(7-4)10-2;2*1-2-4-6-5-3-1;3*1-2;;;;;/h1-2H3,(H2,7,8,9,10);1-2H3,(H,7,8,9);2*1-6H;2*1-2H3;2H2,1H3;3*1H4;;/q2*-1;;;;;;;;;;. The van der Waals surface area contributed by atoms with Crippen LogP contribution >= 0.6 is 11.8 Å². The first kappa shape index (κ1) is 60.7. The molecule has 2 aromatic heterocycles. The summed E-state index contributed by atoms with van der Waals surface area (Å²) in [5.74, 6) is -0.120. The van der Waals surface area contributed by atoms with Crippen LogP contribution in [-0.2, 0) is 65.4 Å². The van der Waals surface area contributed by atoms with E-state index in [1.807, 2.05) is 107 Å². The minimum absolute atomic E-state index is 0. The maximum absolute atomic E-state index is 8.91. The molecule has 0 unspecified atom stereocenters. The van der Waals surface area contributed by atoms with Gasteiger partial charge in [-0.1, -0.05) is 148 Å². The molecule has 0 fully saturated rings. The van der Waals surface area contributed by atoms with Crippen molar-refractivity contribution in [2.24, 2.45) is 10.7 Å². The topological polar surface area (TPSA) is 133 Å². The van der Waals surface area contributed by atoms with Gasteiger partial charge in [-0.2, -0.15) is 0 Å². The van der Waals surface area contributed by atoms with E-state index >= 15 is 0 Å². The Hall–Kier alpha value is -1.48. The average molecular weight is 767 g/mol. The smallest absolute Gasteiger partial charge is 0.219 e. The van der Waals surface area contributed by atoms with Gasteiger partial charge in [-0.15, -0.1) is 11.4 Å². The van der Waals surface area contributed by atoms with Crippen molar-refractivity contribution < 1.29 is 75.6 Å². The molecule has 8 nitrogen and oxygen atoms in total. The molecule has 0 saturated carbocycles. The van der Waals surface area contributed by atoms with E-state index < -0.39 is 0 Å². The Balaban J connectivity index is -0.0000000585. The molecule has 11 heteroatoms. The van der Waals surface area contributed by atoms with Crippen LogP contribution in [0.4, 0.5) is 0 Å². The zero-order chi connectivity index (χ0) is 29.6.